The first-order valence-corrected chi connectivity index (χ1v) is 12.7. The van der Waals surface area contributed by atoms with Crippen LogP contribution in [0.2, 0.25) is 0 Å². The minimum atomic E-state index is -0.224. The van der Waals surface area contributed by atoms with Gasteiger partial charge in [0.15, 0.2) is 0 Å². The monoisotopic (exact) mass is 393 g/mol. The van der Waals surface area contributed by atoms with Crippen molar-refractivity contribution < 1.29 is 0 Å². The Morgan fingerprint density at radius 2 is 1.45 bits per heavy atom. The Bertz CT molecular complexity index is 621. The summed E-state index contributed by atoms with van der Waals surface area (Å²) in [6.07, 6.45) is 20.2. The number of nitriles is 1. The largest absolute Gasteiger partial charge is 0.197 e. The predicted octanol–water partition coefficient (Wildman–Crippen LogP) is 8.37. The Morgan fingerprint density at radius 1 is 0.828 bits per heavy atom. The molecule has 3 rings (SSSR count). The first kappa shape index (κ1) is 22.4. The molecule has 2 aliphatic carbocycles. The van der Waals surface area contributed by atoms with Gasteiger partial charge in [-0.2, -0.15) is 5.26 Å². The van der Waals surface area contributed by atoms with Gasteiger partial charge in [-0.3, -0.25) is 0 Å². The van der Waals surface area contributed by atoms with Crippen molar-refractivity contribution in [3.05, 3.63) is 35.4 Å². The van der Waals surface area contributed by atoms with Crippen LogP contribution in [0.5, 0.6) is 0 Å². The minimum absolute atomic E-state index is 0.224. The number of nitrogens with zero attached hydrogens (tertiary/aromatic N) is 1. The van der Waals surface area contributed by atoms with E-state index in [9.17, 15) is 5.26 Å². The standard InChI is InChI=1S/C28H43N/c1-3-5-6-7-8-9-24-10-14-25(15-11-24)26-18-20-28(22-29,21-19-26)27-16-12-23(4-2)13-17-27/h12-13,16-17,24-26H,3-11,14-15,18-21H2,1-2H3/t24?,25?,26-,28-. The lowest BCUT2D eigenvalue weighted by molar-refractivity contribution is 0.143. The molecule has 1 heteroatoms. The zero-order valence-corrected chi connectivity index (χ0v) is 19.1. The van der Waals surface area contributed by atoms with Crippen LogP contribution in [-0.4, -0.2) is 0 Å². The van der Waals surface area contributed by atoms with E-state index in [4.69, 9.17) is 0 Å². The van der Waals surface area contributed by atoms with Crippen LogP contribution in [0.15, 0.2) is 24.3 Å². The van der Waals surface area contributed by atoms with Crippen LogP contribution >= 0.6 is 0 Å². The minimum Gasteiger partial charge on any atom is -0.197 e. The molecule has 0 radical (unpaired) electrons. The maximum absolute atomic E-state index is 10.0. The van der Waals surface area contributed by atoms with Crippen molar-refractivity contribution in [1.29, 1.82) is 5.26 Å². The third-order valence-electron chi connectivity index (χ3n) is 8.29. The maximum Gasteiger partial charge on any atom is 0.0822 e. The van der Waals surface area contributed by atoms with Gasteiger partial charge in [0.05, 0.1) is 11.5 Å². The highest BCUT2D eigenvalue weighted by Gasteiger charge is 2.39. The van der Waals surface area contributed by atoms with Crippen molar-refractivity contribution in [2.45, 2.75) is 116 Å². The number of hydrogen-bond acceptors (Lipinski definition) is 1. The summed E-state index contributed by atoms with van der Waals surface area (Å²) in [5.74, 6) is 2.81. The smallest absolute Gasteiger partial charge is 0.0822 e. The van der Waals surface area contributed by atoms with Crippen molar-refractivity contribution in [2.24, 2.45) is 17.8 Å². The van der Waals surface area contributed by atoms with Crippen LogP contribution in [0.4, 0.5) is 0 Å². The Balaban J connectivity index is 1.44. The van der Waals surface area contributed by atoms with E-state index in [0.29, 0.717) is 0 Å². The first-order chi connectivity index (χ1) is 14.2. The summed E-state index contributed by atoms with van der Waals surface area (Å²) in [7, 11) is 0. The molecule has 2 aliphatic rings. The summed E-state index contributed by atoms with van der Waals surface area (Å²) < 4.78 is 0. The lowest BCUT2D eigenvalue weighted by Crippen LogP contribution is -2.33. The highest BCUT2D eigenvalue weighted by Crippen LogP contribution is 2.47. The summed E-state index contributed by atoms with van der Waals surface area (Å²) in [4.78, 5) is 0. The second kappa shape index (κ2) is 11.2. The maximum atomic E-state index is 10.0. The Kier molecular flexibility index (Phi) is 8.65. The highest BCUT2D eigenvalue weighted by atomic mass is 14.5. The van der Waals surface area contributed by atoms with Gasteiger partial charge in [-0.15, -0.1) is 0 Å². The Morgan fingerprint density at radius 3 is 2.03 bits per heavy atom. The van der Waals surface area contributed by atoms with Gasteiger partial charge in [0.25, 0.3) is 0 Å². The Hall–Kier alpha value is -1.29. The molecule has 29 heavy (non-hydrogen) atoms. The quantitative estimate of drug-likeness (QED) is 0.386. The molecular weight excluding hydrogens is 350 g/mol. The third-order valence-corrected chi connectivity index (χ3v) is 8.29. The number of hydrogen-bond donors (Lipinski definition) is 0. The van der Waals surface area contributed by atoms with E-state index in [0.717, 1.165) is 37.0 Å². The van der Waals surface area contributed by atoms with Crippen LogP contribution in [0, 0.1) is 29.1 Å². The topological polar surface area (TPSA) is 23.8 Å². The van der Waals surface area contributed by atoms with E-state index >= 15 is 0 Å². The van der Waals surface area contributed by atoms with Gasteiger partial charge in [0.2, 0.25) is 0 Å². The zero-order chi connectivity index (χ0) is 20.5. The molecule has 1 aromatic carbocycles. The van der Waals surface area contributed by atoms with Crippen LogP contribution in [-0.2, 0) is 11.8 Å². The van der Waals surface area contributed by atoms with Gasteiger partial charge in [-0.25, -0.2) is 0 Å². The van der Waals surface area contributed by atoms with Gasteiger partial charge in [0, 0.05) is 0 Å². The first-order valence-electron chi connectivity index (χ1n) is 12.7. The fraction of sp³-hybridized carbons (Fsp3) is 0.750. The molecule has 1 aromatic rings. The van der Waals surface area contributed by atoms with Crippen molar-refractivity contribution in [2.75, 3.05) is 0 Å². The van der Waals surface area contributed by atoms with E-state index in [1.807, 2.05) is 0 Å². The molecule has 1 nitrogen and oxygen atoms in total. The van der Waals surface area contributed by atoms with Crippen LogP contribution in [0.25, 0.3) is 0 Å². The van der Waals surface area contributed by atoms with Gasteiger partial charge in [-0.05, 0) is 73.8 Å². The molecule has 160 valence electrons. The number of aryl methyl sites for hydroxylation is 1. The van der Waals surface area contributed by atoms with E-state index in [1.54, 1.807) is 0 Å². The fourth-order valence-electron chi connectivity index (χ4n) is 6.11. The summed E-state index contributed by atoms with van der Waals surface area (Å²) in [5, 5.41) is 10.0. The van der Waals surface area contributed by atoms with Crippen molar-refractivity contribution >= 4 is 0 Å². The van der Waals surface area contributed by atoms with Crippen LogP contribution in [0.3, 0.4) is 0 Å². The van der Waals surface area contributed by atoms with E-state index in [2.05, 4.69) is 44.2 Å². The summed E-state index contributed by atoms with van der Waals surface area (Å²) >= 11 is 0. The molecule has 0 amide bonds. The highest BCUT2D eigenvalue weighted by molar-refractivity contribution is 5.35. The predicted molar refractivity (Wildman–Crippen MR) is 124 cm³/mol. The second-order valence-corrected chi connectivity index (χ2v) is 10.1. The SMILES string of the molecule is CCCCCCCC1CCC([C@H]2CC[C@](C#N)(c3ccc(CC)cc3)CC2)CC1. The molecule has 0 N–H and O–H groups in total. The van der Waals surface area contributed by atoms with Gasteiger partial charge >= 0.3 is 0 Å². The molecule has 0 heterocycles. The lowest BCUT2D eigenvalue weighted by atomic mass is 9.62. The van der Waals surface area contributed by atoms with Crippen molar-refractivity contribution in [3.63, 3.8) is 0 Å². The zero-order valence-electron chi connectivity index (χ0n) is 19.1. The van der Waals surface area contributed by atoms with E-state index < -0.39 is 0 Å². The van der Waals surface area contributed by atoms with E-state index in [1.165, 1.54) is 88.2 Å². The summed E-state index contributed by atoms with van der Waals surface area (Å²) in [6.45, 7) is 4.50. The van der Waals surface area contributed by atoms with Crippen molar-refractivity contribution in [1.82, 2.24) is 0 Å². The van der Waals surface area contributed by atoms with Gasteiger partial charge in [-0.1, -0.05) is 89.5 Å². The second-order valence-electron chi connectivity index (χ2n) is 10.1. The third kappa shape index (κ3) is 5.87. The number of unbranched alkanes of at least 4 members (excludes halogenated alkanes) is 4. The van der Waals surface area contributed by atoms with E-state index in [-0.39, 0.29) is 5.41 Å². The molecular formula is C28H43N. The molecule has 0 aromatic heterocycles. The van der Waals surface area contributed by atoms with Crippen molar-refractivity contribution in [3.8, 4) is 6.07 Å². The normalized spacial score (nSPS) is 30.0. The summed E-state index contributed by atoms with van der Waals surface area (Å²) in [5.41, 5.74) is 2.42. The molecule has 0 bridgehead atoms. The molecule has 0 aliphatic heterocycles. The van der Waals surface area contributed by atoms with Crippen LogP contribution < -0.4 is 0 Å². The molecule has 2 fully saturated rings. The lowest BCUT2D eigenvalue weighted by Gasteiger charge is -2.41. The molecule has 0 spiro atoms. The fourth-order valence-corrected chi connectivity index (χ4v) is 6.11. The average Bonchev–Trinajstić information content (AvgIpc) is 2.79. The number of rotatable bonds is 9. The molecule has 0 unspecified atom stereocenters. The van der Waals surface area contributed by atoms with Crippen LogP contribution in [0.1, 0.15) is 115 Å². The molecule has 0 atom stereocenters. The molecule has 0 saturated heterocycles. The summed E-state index contributed by atoms with van der Waals surface area (Å²) in [6, 6.07) is 11.7. The number of benzene rings is 1. The molecule has 2 saturated carbocycles. The van der Waals surface area contributed by atoms with Gasteiger partial charge < -0.3 is 0 Å². The van der Waals surface area contributed by atoms with Gasteiger partial charge in [0.1, 0.15) is 0 Å². The Labute approximate surface area is 180 Å². The average molecular weight is 394 g/mol.